The number of alkyl halides is 3. The van der Waals surface area contributed by atoms with Gasteiger partial charge in [-0.2, -0.15) is 13.2 Å². The summed E-state index contributed by atoms with van der Waals surface area (Å²) in [5.74, 6) is -0.594. The van der Waals surface area contributed by atoms with Crippen molar-refractivity contribution in [3.63, 3.8) is 0 Å². The molecule has 1 aromatic rings. The molecule has 0 radical (unpaired) electrons. The zero-order chi connectivity index (χ0) is 19.2. The summed E-state index contributed by atoms with van der Waals surface area (Å²) < 4.78 is 61.7. The van der Waals surface area contributed by atoms with E-state index in [0.29, 0.717) is 0 Å². The van der Waals surface area contributed by atoms with Crippen LogP contribution in [0, 0.1) is 20.2 Å². The Morgan fingerprint density at radius 1 is 1.16 bits per heavy atom. The zero-order valence-electron chi connectivity index (χ0n) is 12.7. The first kappa shape index (κ1) is 18.9. The summed E-state index contributed by atoms with van der Waals surface area (Å²) >= 11 is 0. The third-order valence-electron chi connectivity index (χ3n) is 3.90. The third kappa shape index (κ3) is 3.81. The van der Waals surface area contributed by atoms with E-state index in [1.54, 1.807) is 0 Å². The third-order valence-corrected chi connectivity index (χ3v) is 5.65. The van der Waals surface area contributed by atoms with Crippen LogP contribution in [0.2, 0.25) is 0 Å². The molecule has 1 aliphatic rings. The molecular weight excluding hydrogens is 371 g/mol. The molecule has 138 valence electrons. The number of nitro groups is 2. The molecule has 1 aliphatic heterocycles. The summed E-state index contributed by atoms with van der Waals surface area (Å²) in [7, 11) is -2.22. The number of rotatable bonds is 4. The monoisotopic (exact) mass is 383 g/mol. The van der Waals surface area contributed by atoms with Crippen LogP contribution in [0.25, 0.3) is 0 Å². The lowest BCUT2D eigenvalue weighted by Gasteiger charge is -2.25. The molecule has 1 saturated heterocycles. The van der Waals surface area contributed by atoms with Gasteiger partial charge >= 0.3 is 6.18 Å². The maximum Gasteiger partial charge on any atom is 0.416 e. The highest BCUT2D eigenvalue weighted by molar-refractivity contribution is 7.91. The lowest BCUT2D eigenvalue weighted by Crippen LogP contribution is -2.33. The van der Waals surface area contributed by atoms with Gasteiger partial charge in [0.25, 0.3) is 11.4 Å². The van der Waals surface area contributed by atoms with Crippen LogP contribution in [0.5, 0.6) is 0 Å². The molecule has 13 heteroatoms. The van der Waals surface area contributed by atoms with Gasteiger partial charge in [-0.25, -0.2) is 8.42 Å². The number of benzene rings is 1. The van der Waals surface area contributed by atoms with E-state index >= 15 is 0 Å². The van der Waals surface area contributed by atoms with Crippen LogP contribution < -0.4 is 4.90 Å². The largest absolute Gasteiger partial charge is 0.416 e. The Morgan fingerprint density at radius 2 is 1.64 bits per heavy atom. The van der Waals surface area contributed by atoms with Crippen molar-refractivity contribution >= 4 is 26.9 Å². The van der Waals surface area contributed by atoms with Gasteiger partial charge in [0, 0.05) is 25.2 Å². The summed E-state index contributed by atoms with van der Waals surface area (Å²) in [6.07, 6.45) is -4.95. The maximum absolute atomic E-state index is 12.9. The molecule has 0 spiro atoms. The molecule has 9 nitrogen and oxygen atoms in total. The second-order valence-electron chi connectivity index (χ2n) is 5.54. The molecule has 2 rings (SSSR count). The molecule has 1 atom stereocenters. The molecule has 0 amide bonds. The predicted molar refractivity (Wildman–Crippen MR) is 80.2 cm³/mol. The average molecular weight is 383 g/mol. The lowest BCUT2D eigenvalue weighted by molar-refractivity contribution is -0.393. The summed E-state index contributed by atoms with van der Waals surface area (Å²) in [6.45, 7) is 0. The van der Waals surface area contributed by atoms with Crippen molar-refractivity contribution in [1.29, 1.82) is 0 Å². The van der Waals surface area contributed by atoms with E-state index in [9.17, 15) is 41.8 Å². The highest BCUT2D eigenvalue weighted by Crippen LogP contribution is 2.43. The van der Waals surface area contributed by atoms with E-state index in [4.69, 9.17) is 0 Å². The van der Waals surface area contributed by atoms with Crippen molar-refractivity contribution in [2.45, 2.75) is 18.6 Å². The second kappa shape index (κ2) is 6.13. The van der Waals surface area contributed by atoms with Gasteiger partial charge in [-0.3, -0.25) is 20.2 Å². The number of sulfone groups is 1. The van der Waals surface area contributed by atoms with Crippen LogP contribution in [-0.2, 0) is 16.0 Å². The molecule has 1 aromatic carbocycles. The standard InChI is InChI=1S/C12H12F3N3O6S/c1-16(8-2-3-25(23,24)6-8)11-9(17(19)20)4-7(12(13,14)15)5-10(11)18(21)22/h4-5,8H,2-3,6H2,1H3. The van der Waals surface area contributed by atoms with Crippen LogP contribution in [0.1, 0.15) is 12.0 Å². The van der Waals surface area contributed by atoms with Crippen LogP contribution in [0.15, 0.2) is 12.1 Å². The minimum atomic E-state index is -5.01. The molecule has 1 unspecified atom stereocenters. The van der Waals surface area contributed by atoms with Gasteiger partial charge in [-0.15, -0.1) is 0 Å². The minimum Gasteiger partial charge on any atom is -0.359 e. The second-order valence-corrected chi connectivity index (χ2v) is 7.77. The Balaban J connectivity index is 2.66. The topological polar surface area (TPSA) is 124 Å². The summed E-state index contributed by atoms with van der Waals surface area (Å²) in [4.78, 5) is 21.1. The molecule has 1 heterocycles. The Morgan fingerprint density at radius 3 is 1.96 bits per heavy atom. The minimum absolute atomic E-state index is 0.0637. The van der Waals surface area contributed by atoms with Crippen LogP contribution in [0.4, 0.5) is 30.2 Å². The number of hydrogen-bond acceptors (Lipinski definition) is 7. The van der Waals surface area contributed by atoms with Crippen molar-refractivity contribution in [1.82, 2.24) is 0 Å². The molecule has 1 fully saturated rings. The van der Waals surface area contributed by atoms with E-state index in [0.717, 1.165) is 4.90 Å². The van der Waals surface area contributed by atoms with E-state index in [2.05, 4.69) is 0 Å². The Kier molecular flexibility index (Phi) is 4.63. The van der Waals surface area contributed by atoms with E-state index in [1.807, 2.05) is 0 Å². The van der Waals surface area contributed by atoms with Crippen molar-refractivity contribution in [2.75, 3.05) is 23.5 Å². The molecule has 0 N–H and O–H groups in total. The quantitative estimate of drug-likeness (QED) is 0.576. The van der Waals surface area contributed by atoms with Crippen LogP contribution in [0.3, 0.4) is 0 Å². The number of nitrogens with zero attached hydrogens (tertiary/aromatic N) is 3. The Labute approximate surface area is 139 Å². The summed E-state index contributed by atoms with van der Waals surface area (Å²) in [5.41, 5.74) is -4.38. The van der Waals surface area contributed by atoms with Gasteiger partial charge in [-0.05, 0) is 6.42 Å². The summed E-state index contributed by atoms with van der Waals surface area (Å²) in [6, 6.07) is -0.385. The number of anilines is 1. The van der Waals surface area contributed by atoms with Crippen LogP contribution >= 0.6 is 0 Å². The molecule has 25 heavy (non-hydrogen) atoms. The smallest absolute Gasteiger partial charge is 0.359 e. The van der Waals surface area contributed by atoms with Gasteiger partial charge in [-0.1, -0.05) is 0 Å². The van der Waals surface area contributed by atoms with E-state index in [-0.39, 0.29) is 24.3 Å². The molecule has 0 saturated carbocycles. The average Bonchev–Trinajstić information content (AvgIpc) is 2.84. The molecule has 0 aliphatic carbocycles. The molecule has 0 bridgehead atoms. The maximum atomic E-state index is 12.9. The first-order valence-corrected chi connectivity index (χ1v) is 8.63. The number of hydrogen-bond donors (Lipinski definition) is 0. The Bertz CT molecular complexity index is 804. The number of halogens is 3. The molecule has 0 aromatic heterocycles. The van der Waals surface area contributed by atoms with E-state index in [1.165, 1.54) is 7.05 Å². The zero-order valence-corrected chi connectivity index (χ0v) is 13.5. The first-order valence-electron chi connectivity index (χ1n) is 6.81. The van der Waals surface area contributed by atoms with Crippen molar-refractivity contribution in [2.24, 2.45) is 0 Å². The highest BCUT2D eigenvalue weighted by atomic mass is 32.2. The number of nitro benzene ring substituents is 2. The fourth-order valence-electron chi connectivity index (χ4n) is 2.67. The predicted octanol–water partition coefficient (Wildman–Crippen LogP) is 2.15. The van der Waals surface area contributed by atoms with Gasteiger partial charge in [0.1, 0.15) is 0 Å². The SMILES string of the molecule is CN(c1c([N+](=O)[O-])cc(C(F)(F)F)cc1[N+](=O)[O-])C1CCS(=O)(=O)C1. The van der Waals surface area contributed by atoms with Crippen molar-refractivity contribution in [3.05, 3.63) is 37.9 Å². The van der Waals surface area contributed by atoms with Crippen molar-refractivity contribution < 1.29 is 31.4 Å². The lowest BCUT2D eigenvalue weighted by atomic mass is 10.1. The molecular formula is C12H12F3N3O6S. The van der Waals surface area contributed by atoms with Crippen LogP contribution in [-0.4, -0.2) is 42.9 Å². The first-order chi connectivity index (χ1) is 11.3. The Hall–Kier alpha value is -2.44. The van der Waals surface area contributed by atoms with Gasteiger partial charge in [0.05, 0.1) is 26.9 Å². The van der Waals surface area contributed by atoms with Gasteiger partial charge in [0.2, 0.25) is 0 Å². The fraction of sp³-hybridized carbons (Fsp3) is 0.500. The highest BCUT2D eigenvalue weighted by Gasteiger charge is 2.41. The van der Waals surface area contributed by atoms with Crippen molar-refractivity contribution in [3.8, 4) is 0 Å². The van der Waals surface area contributed by atoms with E-state index < -0.39 is 60.3 Å². The van der Waals surface area contributed by atoms with Gasteiger partial charge in [0.15, 0.2) is 15.5 Å². The normalized spacial score (nSPS) is 19.6. The fourth-order valence-corrected chi connectivity index (χ4v) is 4.45. The summed E-state index contributed by atoms with van der Waals surface area (Å²) in [5, 5.41) is 22.4. The van der Waals surface area contributed by atoms with Gasteiger partial charge < -0.3 is 4.90 Å².